The Hall–Kier alpha value is -3.42. The highest BCUT2D eigenvalue weighted by Crippen LogP contribution is 2.04. The summed E-state index contributed by atoms with van der Waals surface area (Å²) in [6.07, 6.45) is 1.67. The number of rotatable bonds is 9. The van der Waals surface area contributed by atoms with E-state index in [2.05, 4.69) is 10.6 Å². The second-order valence-corrected chi connectivity index (χ2v) is 5.74. The fourth-order valence-corrected chi connectivity index (χ4v) is 2.23. The van der Waals surface area contributed by atoms with Crippen LogP contribution in [0.2, 0.25) is 0 Å². The smallest absolute Gasteiger partial charge is 0.325 e. The topological polar surface area (TPSA) is 115 Å². The maximum absolute atomic E-state index is 11.9. The Kier molecular flexibility index (Phi) is 7.30. The molecule has 2 aromatic rings. The van der Waals surface area contributed by atoms with Crippen LogP contribution in [-0.2, 0) is 25.5 Å². The van der Waals surface area contributed by atoms with Gasteiger partial charge < -0.3 is 19.8 Å². The minimum atomic E-state index is -0.785. The molecule has 27 heavy (non-hydrogen) atoms. The van der Waals surface area contributed by atoms with Gasteiger partial charge in [-0.1, -0.05) is 30.3 Å². The van der Waals surface area contributed by atoms with Gasteiger partial charge in [-0.3, -0.25) is 19.2 Å². The Labute approximate surface area is 155 Å². The van der Waals surface area contributed by atoms with Gasteiger partial charge in [-0.2, -0.15) is 0 Å². The third-order valence-electron chi connectivity index (χ3n) is 3.61. The zero-order chi connectivity index (χ0) is 19.6. The number of benzene rings is 1. The predicted octanol–water partition coefficient (Wildman–Crippen LogP) is 0.869. The van der Waals surface area contributed by atoms with Gasteiger partial charge in [0.1, 0.15) is 6.54 Å². The minimum absolute atomic E-state index is 0.0609. The van der Waals surface area contributed by atoms with E-state index in [4.69, 9.17) is 9.15 Å². The Morgan fingerprint density at radius 1 is 1.07 bits per heavy atom. The van der Waals surface area contributed by atoms with Crippen LogP contribution in [0.4, 0.5) is 0 Å². The highest BCUT2D eigenvalue weighted by molar-refractivity contribution is 5.93. The van der Waals surface area contributed by atoms with Crippen molar-refractivity contribution in [3.05, 3.63) is 60.1 Å². The summed E-state index contributed by atoms with van der Waals surface area (Å²) in [5.74, 6) is -2.10. The molecule has 0 aliphatic carbocycles. The third-order valence-corrected chi connectivity index (χ3v) is 3.61. The number of esters is 1. The average Bonchev–Trinajstić information content (AvgIpc) is 3.19. The quantitative estimate of drug-likeness (QED) is 0.631. The number of ketones is 1. The fraction of sp³-hybridized carbons (Fsp3) is 0.263. The van der Waals surface area contributed by atoms with Crippen LogP contribution in [-0.4, -0.2) is 42.8 Å². The molecule has 2 N–H and O–H groups in total. The van der Waals surface area contributed by atoms with Crippen molar-refractivity contribution in [1.82, 2.24) is 10.6 Å². The summed E-state index contributed by atoms with van der Waals surface area (Å²) in [7, 11) is 0. The Morgan fingerprint density at radius 2 is 1.81 bits per heavy atom. The van der Waals surface area contributed by atoms with Gasteiger partial charge in [-0.15, -0.1) is 0 Å². The van der Waals surface area contributed by atoms with Crippen molar-refractivity contribution in [1.29, 1.82) is 0 Å². The Balaban J connectivity index is 1.74. The Bertz CT molecular complexity index is 786. The highest BCUT2D eigenvalue weighted by Gasteiger charge is 2.19. The number of Topliss-reactive ketones (excluding diaryl/α,β-unsaturated/α-hetero) is 1. The van der Waals surface area contributed by atoms with Gasteiger partial charge in [0.05, 0.1) is 12.3 Å². The molecule has 0 unspecified atom stereocenters. The maximum Gasteiger partial charge on any atom is 0.325 e. The average molecular weight is 372 g/mol. The van der Waals surface area contributed by atoms with Gasteiger partial charge in [0.2, 0.25) is 0 Å². The van der Waals surface area contributed by atoms with E-state index >= 15 is 0 Å². The van der Waals surface area contributed by atoms with Gasteiger partial charge in [0.25, 0.3) is 11.8 Å². The molecule has 2 rings (SSSR count). The summed E-state index contributed by atoms with van der Waals surface area (Å²) in [6, 6.07) is 11.5. The molecule has 8 heteroatoms. The zero-order valence-corrected chi connectivity index (χ0v) is 14.8. The van der Waals surface area contributed by atoms with Crippen molar-refractivity contribution in [3.63, 3.8) is 0 Å². The lowest BCUT2D eigenvalue weighted by molar-refractivity contribution is -0.147. The predicted molar refractivity (Wildman–Crippen MR) is 94.8 cm³/mol. The zero-order valence-electron chi connectivity index (χ0n) is 14.8. The second kappa shape index (κ2) is 9.91. The number of amides is 2. The molecular weight excluding hydrogens is 352 g/mol. The van der Waals surface area contributed by atoms with Crippen LogP contribution in [0.15, 0.2) is 53.1 Å². The first-order valence-electron chi connectivity index (χ1n) is 8.26. The highest BCUT2D eigenvalue weighted by atomic mass is 16.5. The summed E-state index contributed by atoms with van der Waals surface area (Å²) in [4.78, 5) is 46.9. The van der Waals surface area contributed by atoms with E-state index in [1.165, 1.54) is 19.3 Å². The molecule has 1 aromatic heterocycles. The molecule has 142 valence electrons. The number of hydrogen-bond donors (Lipinski definition) is 2. The first-order valence-corrected chi connectivity index (χ1v) is 8.26. The van der Waals surface area contributed by atoms with Gasteiger partial charge in [-0.25, -0.2) is 0 Å². The SMILES string of the molecule is CC(=O)[C@H](Cc1ccccc1)NC(=O)COC(=O)CNC(=O)c1ccco1. The molecule has 0 bridgehead atoms. The van der Waals surface area contributed by atoms with Crippen LogP contribution in [0.3, 0.4) is 0 Å². The van der Waals surface area contributed by atoms with E-state index in [0.717, 1.165) is 5.56 Å². The van der Waals surface area contributed by atoms with Gasteiger partial charge in [0.15, 0.2) is 18.2 Å². The molecule has 0 fully saturated rings. The number of nitrogens with one attached hydrogen (secondary N) is 2. The van der Waals surface area contributed by atoms with Crippen LogP contribution >= 0.6 is 0 Å². The first kappa shape index (κ1) is 19.9. The van der Waals surface area contributed by atoms with Gasteiger partial charge >= 0.3 is 5.97 Å². The van der Waals surface area contributed by atoms with E-state index in [1.54, 1.807) is 6.07 Å². The van der Waals surface area contributed by atoms with Crippen LogP contribution in [0.1, 0.15) is 23.0 Å². The van der Waals surface area contributed by atoms with Crippen molar-refractivity contribution in [3.8, 4) is 0 Å². The molecule has 0 saturated heterocycles. The lowest BCUT2D eigenvalue weighted by atomic mass is 10.0. The fourth-order valence-electron chi connectivity index (χ4n) is 2.23. The van der Waals surface area contributed by atoms with Crippen LogP contribution in [0.25, 0.3) is 0 Å². The monoisotopic (exact) mass is 372 g/mol. The minimum Gasteiger partial charge on any atom is -0.459 e. The summed E-state index contributed by atoms with van der Waals surface area (Å²) >= 11 is 0. The second-order valence-electron chi connectivity index (χ2n) is 5.74. The number of furan rings is 1. The number of carbonyl (C=O) groups excluding carboxylic acids is 4. The summed E-state index contributed by atoms with van der Waals surface area (Å²) < 4.78 is 9.68. The van der Waals surface area contributed by atoms with Crippen molar-refractivity contribution in [2.24, 2.45) is 0 Å². The van der Waals surface area contributed by atoms with Crippen molar-refractivity contribution in [2.45, 2.75) is 19.4 Å². The molecule has 1 atom stereocenters. The van der Waals surface area contributed by atoms with Gasteiger partial charge in [0, 0.05) is 0 Å². The van der Waals surface area contributed by atoms with Crippen molar-refractivity contribution in [2.75, 3.05) is 13.2 Å². The third kappa shape index (κ3) is 6.77. The van der Waals surface area contributed by atoms with Crippen LogP contribution < -0.4 is 10.6 Å². The first-order chi connectivity index (χ1) is 13.0. The molecule has 0 aliphatic heterocycles. The van der Waals surface area contributed by atoms with Crippen LogP contribution in [0.5, 0.6) is 0 Å². The maximum atomic E-state index is 11.9. The standard InChI is InChI=1S/C19H20N2O6/c1-13(22)15(10-14-6-3-2-4-7-14)21-17(23)12-27-18(24)11-20-19(25)16-8-5-9-26-16/h2-9,15H,10-12H2,1H3,(H,20,25)(H,21,23)/t15-/m0/s1. The lowest BCUT2D eigenvalue weighted by Gasteiger charge is -2.16. The molecule has 8 nitrogen and oxygen atoms in total. The number of hydrogen-bond acceptors (Lipinski definition) is 6. The molecule has 1 aromatic carbocycles. The van der Waals surface area contributed by atoms with Crippen molar-refractivity contribution >= 4 is 23.6 Å². The van der Waals surface area contributed by atoms with E-state index in [-0.39, 0.29) is 11.5 Å². The summed E-state index contributed by atoms with van der Waals surface area (Å²) in [5, 5.41) is 4.85. The largest absolute Gasteiger partial charge is 0.459 e. The van der Waals surface area contributed by atoms with Gasteiger partial charge in [-0.05, 0) is 31.0 Å². The van der Waals surface area contributed by atoms with E-state index in [0.29, 0.717) is 6.42 Å². The molecule has 0 saturated carbocycles. The lowest BCUT2D eigenvalue weighted by Crippen LogP contribution is -2.43. The molecule has 1 heterocycles. The van der Waals surface area contributed by atoms with E-state index < -0.39 is 37.0 Å². The molecule has 2 amide bonds. The van der Waals surface area contributed by atoms with E-state index in [1.807, 2.05) is 30.3 Å². The van der Waals surface area contributed by atoms with Crippen molar-refractivity contribution < 1.29 is 28.3 Å². The summed E-state index contributed by atoms with van der Waals surface area (Å²) in [5.41, 5.74) is 0.899. The number of carbonyl (C=O) groups is 4. The number of ether oxygens (including phenoxy) is 1. The molecule has 0 spiro atoms. The summed E-state index contributed by atoms with van der Waals surface area (Å²) in [6.45, 7) is 0.422. The normalized spacial score (nSPS) is 11.3. The molecule has 0 radical (unpaired) electrons. The van der Waals surface area contributed by atoms with E-state index in [9.17, 15) is 19.2 Å². The van der Waals surface area contributed by atoms with Crippen LogP contribution in [0, 0.1) is 0 Å². The molecule has 0 aliphatic rings. The molecular formula is C19H20N2O6. The Morgan fingerprint density at radius 3 is 2.44 bits per heavy atom.